The van der Waals surface area contributed by atoms with E-state index in [1.807, 2.05) is 6.07 Å². The Morgan fingerprint density at radius 3 is 2.52 bits per heavy atom. The van der Waals surface area contributed by atoms with Crippen LogP contribution in [0.15, 0.2) is 59.7 Å². The number of aromatic nitrogens is 2. The fourth-order valence-corrected chi connectivity index (χ4v) is 4.39. The lowest BCUT2D eigenvalue weighted by Gasteiger charge is -2.43. The fraction of sp³-hybridized carbons (Fsp3) is 0.304. The lowest BCUT2D eigenvalue weighted by Crippen LogP contribution is -2.57. The van der Waals surface area contributed by atoms with Crippen LogP contribution in [-0.2, 0) is 12.6 Å². The van der Waals surface area contributed by atoms with Gasteiger partial charge >= 0.3 is 6.18 Å². The second kappa shape index (κ2) is 7.23. The van der Waals surface area contributed by atoms with Crippen molar-refractivity contribution in [3.63, 3.8) is 0 Å². The average Bonchev–Trinajstić information content (AvgIpc) is 3.13. The highest BCUT2D eigenvalue weighted by Gasteiger charge is 2.33. The standard InChI is InChI=1S/C23H21F3N4O/c1-28-13-19(14-28)29-8-7-16-10-18(3-5-21(16)29)30-9-6-15(11-22(30)31)20-4-2-17(12-27-20)23(24,25)26/h2-6,9-12,19H,7-8,13-14H2,1H3. The van der Waals surface area contributed by atoms with Gasteiger partial charge < -0.3 is 9.80 Å². The van der Waals surface area contributed by atoms with E-state index in [0.29, 0.717) is 17.3 Å². The van der Waals surface area contributed by atoms with Gasteiger partial charge in [0.2, 0.25) is 0 Å². The van der Waals surface area contributed by atoms with Crippen LogP contribution in [0.5, 0.6) is 0 Å². The van der Waals surface area contributed by atoms with Crippen LogP contribution in [0.4, 0.5) is 18.9 Å². The maximum atomic E-state index is 12.7. The normalized spacial score (nSPS) is 17.0. The number of rotatable bonds is 3. The van der Waals surface area contributed by atoms with E-state index in [0.717, 1.165) is 44.0 Å². The predicted octanol–water partition coefficient (Wildman–Crippen LogP) is 3.59. The van der Waals surface area contributed by atoms with Gasteiger partial charge in [0.25, 0.3) is 5.56 Å². The molecule has 1 fully saturated rings. The average molecular weight is 426 g/mol. The van der Waals surface area contributed by atoms with Gasteiger partial charge in [0.05, 0.1) is 17.3 Å². The second-order valence-electron chi connectivity index (χ2n) is 8.18. The molecule has 0 amide bonds. The van der Waals surface area contributed by atoms with Crippen LogP contribution >= 0.6 is 0 Å². The molecule has 0 saturated carbocycles. The molecule has 160 valence electrons. The molecule has 0 aliphatic carbocycles. The Bertz CT molecular complexity index is 1180. The van der Waals surface area contributed by atoms with Crippen LogP contribution in [0.25, 0.3) is 16.9 Å². The maximum Gasteiger partial charge on any atom is 0.417 e. The monoisotopic (exact) mass is 426 g/mol. The summed E-state index contributed by atoms with van der Waals surface area (Å²) in [5.74, 6) is 0. The number of hydrogen-bond acceptors (Lipinski definition) is 4. The number of likely N-dealkylation sites (tertiary alicyclic amines) is 1. The Hall–Kier alpha value is -3.13. The van der Waals surface area contributed by atoms with Crippen molar-refractivity contribution in [3.05, 3.63) is 76.3 Å². The Morgan fingerprint density at radius 1 is 1.06 bits per heavy atom. The second-order valence-corrected chi connectivity index (χ2v) is 8.18. The molecule has 3 aromatic rings. The number of alkyl halides is 3. The highest BCUT2D eigenvalue weighted by Crippen LogP contribution is 2.33. The molecule has 2 aliphatic heterocycles. The predicted molar refractivity (Wildman–Crippen MR) is 113 cm³/mol. The summed E-state index contributed by atoms with van der Waals surface area (Å²) in [7, 11) is 2.12. The zero-order chi connectivity index (χ0) is 21.8. The summed E-state index contributed by atoms with van der Waals surface area (Å²) in [6.45, 7) is 3.13. The summed E-state index contributed by atoms with van der Waals surface area (Å²) >= 11 is 0. The number of pyridine rings is 2. The van der Waals surface area contributed by atoms with Crippen molar-refractivity contribution in [2.75, 3.05) is 31.6 Å². The summed E-state index contributed by atoms with van der Waals surface area (Å²) in [6, 6.07) is 12.0. The van der Waals surface area contributed by atoms with E-state index in [1.165, 1.54) is 23.4 Å². The molecule has 31 heavy (non-hydrogen) atoms. The van der Waals surface area contributed by atoms with E-state index < -0.39 is 11.7 Å². The molecule has 0 unspecified atom stereocenters. The summed E-state index contributed by atoms with van der Waals surface area (Å²) in [4.78, 5) is 21.4. The SMILES string of the molecule is CN1CC(N2CCc3cc(-n4ccc(-c5ccc(C(F)(F)F)cn5)cc4=O)ccc32)C1. The van der Waals surface area contributed by atoms with E-state index >= 15 is 0 Å². The molecule has 2 aromatic heterocycles. The number of benzene rings is 1. The lowest BCUT2D eigenvalue weighted by molar-refractivity contribution is -0.137. The summed E-state index contributed by atoms with van der Waals surface area (Å²) in [6.07, 6.45) is -1.06. The minimum absolute atomic E-state index is 0.255. The Labute approximate surface area is 177 Å². The van der Waals surface area contributed by atoms with Crippen molar-refractivity contribution in [2.24, 2.45) is 0 Å². The van der Waals surface area contributed by atoms with Gasteiger partial charge in [0.1, 0.15) is 0 Å². The van der Waals surface area contributed by atoms with Crippen molar-refractivity contribution < 1.29 is 13.2 Å². The van der Waals surface area contributed by atoms with Gasteiger partial charge in [0, 0.05) is 55.0 Å². The molecule has 0 bridgehead atoms. The summed E-state index contributed by atoms with van der Waals surface area (Å²) in [5.41, 5.74) is 2.99. The van der Waals surface area contributed by atoms with Crippen LogP contribution in [-0.4, -0.2) is 47.2 Å². The highest BCUT2D eigenvalue weighted by molar-refractivity contribution is 5.63. The number of halogens is 3. The zero-order valence-electron chi connectivity index (χ0n) is 16.9. The Kier molecular flexibility index (Phi) is 4.62. The fourth-order valence-electron chi connectivity index (χ4n) is 4.39. The summed E-state index contributed by atoms with van der Waals surface area (Å²) in [5, 5.41) is 0. The molecule has 2 aliphatic rings. The van der Waals surface area contributed by atoms with Crippen LogP contribution in [0.2, 0.25) is 0 Å². The van der Waals surface area contributed by atoms with Gasteiger partial charge in [-0.1, -0.05) is 0 Å². The largest absolute Gasteiger partial charge is 0.417 e. The third kappa shape index (κ3) is 3.61. The number of likely N-dealkylation sites (N-methyl/N-ethyl adjacent to an activating group) is 1. The topological polar surface area (TPSA) is 41.4 Å². The van der Waals surface area contributed by atoms with Crippen molar-refractivity contribution in [2.45, 2.75) is 18.6 Å². The number of fused-ring (bicyclic) bond motifs is 1. The van der Waals surface area contributed by atoms with Crippen LogP contribution in [0.1, 0.15) is 11.1 Å². The van der Waals surface area contributed by atoms with Crippen LogP contribution < -0.4 is 10.5 Å². The smallest absolute Gasteiger partial charge is 0.365 e. The number of hydrogen-bond donors (Lipinski definition) is 0. The zero-order valence-corrected chi connectivity index (χ0v) is 16.9. The van der Waals surface area contributed by atoms with Gasteiger partial charge in [0.15, 0.2) is 0 Å². The van der Waals surface area contributed by atoms with Gasteiger partial charge in [-0.2, -0.15) is 13.2 Å². The first-order valence-electron chi connectivity index (χ1n) is 10.1. The van der Waals surface area contributed by atoms with Gasteiger partial charge in [-0.25, -0.2) is 0 Å². The minimum atomic E-state index is -4.44. The molecule has 8 heteroatoms. The molecule has 4 heterocycles. The van der Waals surface area contributed by atoms with Crippen LogP contribution in [0, 0.1) is 0 Å². The number of anilines is 1. The van der Waals surface area contributed by atoms with Gasteiger partial charge in [-0.05, 0) is 55.4 Å². The minimum Gasteiger partial charge on any atom is -0.365 e. The highest BCUT2D eigenvalue weighted by atomic mass is 19.4. The lowest BCUT2D eigenvalue weighted by atomic mass is 10.1. The van der Waals surface area contributed by atoms with Crippen molar-refractivity contribution >= 4 is 5.69 Å². The van der Waals surface area contributed by atoms with E-state index in [9.17, 15) is 18.0 Å². The van der Waals surface area contributed by atoms with Crippen molar-refractivity contribution in [3.8, 4) is 16.9 Å². The number of nitrogens with zero attached hydrogens (tertiary/aromatic N) is 4. The van der Waals surface area contributed by atoms with Crippen molar-refractivity contribution in [1.29, 1.82) is 0 Å². The molecule has 0 spiro atoms. The van der Waals surface area contributed by atoms with E-state index in [1.54, 1.807) is 16.8 Å². The first-order valence-corrected chi connectivity index (χ1v) is 10.1. The van der Waals surface area contributed by atoms with Gasteiger partial charge in [-0.3, -0.25) is 14.3 Å². The molecule has 0 radical (unpaired) electrons. The Balaban J connectivity index is 1.40. The third-order valence-corrected chi connectivity index (χ3v) is 6.06. The van der Waals surface area contributed by atoms with E-state index in [-0.39, 0.29) is 5.56 Å². The van der Waals surface area contributed by atoms with E-state index in [2.05, 4.69) is 34.0 Å². The quantitative estimate of drug-likeness (QED) is 0.642. The van der Waals surface area contributed by atoms with E-state index in [4.69, 9.17) is 0 Å². The molecule has 5 rings (SSSR count). The van der Waals surface area contributed by atoms with Gasteiger partial charge in [-0.15, -0.1) is 0 Å². The first kappa shape index (κ1) is 19.8. The molecular formula is C23H21F3N4O. The molecular weight excluding hydrogens is 405 g/mol. The molecule has 1 saturated heterocycles. The summed E-state index contributed by atoms with van der Waals surface area (Å²) < 4.78 is 39.7. The third-order valence-electron chi connectivity index (χ3n) is 6.06. The first-order chi connectivity index (χ1) is 14.8. The Morgan fingerprint density at radius 2 is 1.87 bits per heavy atom. The molecule has 0 N–H and O–H groups in total. The van der Waals surface area contributed by atoms with Crippen LogP contribution in [0.3, 0.4) is 0 Å². The van der Waals surface area contributed by atoms with Crippen molar-refractivity contribution in [1.82, 2.24) is 14.5 Å². The maximum absolute atomic E-state index is 12.7. The molecule has 0 atom stereocenters. The molecule has 1 aromatic carbocycles. The molecule has 5 nitrogen and oxygen atoms in total.